The van der Waals surface area contributed by atoms with Crippen molar-refractivity contribution in [2.24, 2.45) is 0 Å². The predicted molar refractivity (Wildman–Crippen MR) is 232 cm³/mol. The molecule has 1 radical (unpaired) electrons. The van der Waals surface area contributed by atoms with Gasteiger partial charge in [-0.2, -0.15) is 0 Å². The molecule has 0 nitrogen and oxygen atoms in total. The number of hydrogen-bond donors (Lipinski definition) is 0. The molecular formula is C52H52B. The second-order valence-electron chi connectivity index (χ2n) is 16.8. The molecule has 5 aromatic carbocycles. The Hall–Kier alpha value is -4.88. The van der Waals surface area contributed by atoms with E-state index in [1.54, 1.807) is 0 Å². The SMILES string of the molecule is C[B]C(=C\C)/C=C(\C=C/c1c2c(cc(-c3cc4c(cc3C)-c3ccccc3C4)c1-c1ccc3c(c1)C(C)(C)CCC3(C)C)CCC=C2)c1ccccc1. The molecular weight excluding hydrogens is 635 g/mol. The summed E-state index contributed by atoms with van der Waals surface area (Å²) in [4.78, 5) is 0. The molecule has 53 heavy (non-hydrogen) atoms. The fraction of sp³-hybridized carbons (Fsp3) is 0.269. The van der Waals surface area contributed by atoms with Crippen molar-refractivity contribution in [3.05, 3.63) is 171 Å². The first-order valence-corrected chi connectivity index (χ1v) is 19.7. The summed E-state index contributed by atoms with van der Waals surface area (Å²) < 4.78 is 0. The second-order valence-corrected chi connectivity index (χ2v) is 16.8. The lowest BCUT2D eigenvalue weighted by Gasteiger charge is -2.42. The molecule has 0 bridgehead atoms. The van der Waals surface area contributed by atoms with Crippen LogP contribution < -0.4 is 0 Å². The summed E-state index contributed by atoms with van der Waals surface area (Å²) in [5.74, 6) is 0. The third-order valence-corrected chi connectivity index (χ3v) is 12.5. The first-order valence-electron chi connectivity index (χ1n) is 19.7. The number of fused-ring (bicyclic) bond motifs is 5. The van der Waals surface area contributed by atoms with E-state index in [2.05, 4.69) is 183 Å². The van der Waals surface area contributed by atoms with Gasteiger partial charge in [-0.15, -0.1) is 0 Å². The van der Waals surface area contributed by atoms with Crippen LogP contribution in [0.1, 0.15) is 104 Å². The molecule has 0 N–H and O–H groups in total. The maximum absolute atomic E-state index is 2.57. The molecule has 3 aliphatic rings. The molecule has 0 unspecified atom stereocenters. The van der Waals surface area contributed by atoms with Crippen LogP contribution in [-0.2, 0) is 23.7 Å². The highest BCUT2D eigenvalue weighted by molar-refractivity contribution is 6.45. The van der Waals surface area contributed by atoms with Crippen LogP contribution in [0, 0.1) is 6.92 Å². The van der Waals surface area contributed by atoms with Gasteiger partial charge in [-0.1, -0.05) is 155 Å². The molecule has 0 fully saturated rings. The lowest BCUT2D eigenvalue weighted by molar-refractivity contribution is 0.332. The summed E-state index contributed by atoms with van der Waals surface area (Å²) in [6, 6.07) is 34.8. The highest BCUT2D eigenvalue weighted by Gasteiger charge is 2.37. The van der Waals surface area contributed by atoms with Crippen LogP contribution in [-0.4, -0.2) is 7.28 Å². The summed E-state index contributed by atoms with van der Waals surface area (Å²) in [5, 5.41) is 0. The molecule has 0 aromatic heterocycles. The van der Waals surface area contributed by atoms with Crippen LogP contribution in [0.5, 0.6) is 0 Å². The van der Waals surface area contributed by atoms with Crippen LogP contribution in [0.15, 0.2) is 121 Å². The number of rotatable bonds is 7. The van der Waals surface area contributed by atoms with E-state index >= 15 is 0 Å². The summed E-state index contributed by atoms with van der Waals surface area (Å²) in [5.41, 5.74) is 23.4. The van der Waals surface area contributed by atoms with Gasteiger partial charge < -0.3 is 0 Å². The average Bonchev–Trinajstić information content (AvgIpc) is 3.53. The highest BCUT2D eigenvalue weighted by Crippen LogP contribution is 2.50. The first-order chi connectivity index (χ1) is 25.6. The molecule has 0 saturated heterocycles. The van der Waals surface area contributed by atoms with Crippen molar-refractivity contribution in [2.45, 2.75) is 91.3 Å². The van der Waals surface area contributed by atoms with Crippen LogP contribution in [0.2, 0.25) is 6.82 Å². The zero-order chi connectivity index (χ0) is 36.9. The molecule has 0 aliphatic heterocycles. The van der Waals surface area contributed by atoms with Gasteiger partial charge in [0.15, 0.2) is 0 Å². The van der Waals surface area contributed by atoms with Gasteiger partial charge in [0.1, 0.15) is 7.28 Å². The molecule has 263 valence electrons. The van der Waals surface area contributed by atoms with Crippen molar-refractivity contribution < 1.29 is 0 Å². The molecule has 0 spiro atoms. The largest absolute Gasteiger partial charge is 0.147 e. The Balaban J connectivity index is 1.42. The number of aryl methyl sites for hydroxylation is 2. The van der Waals surface area contributed by atoms with E-state index in [9.17, 15) is 0 Å². The fourth-order valence-corrected chi connectivity index (χ4v) is 9.19. The van der Waals surface area contributed by atoms with Crippen molar-refractivity contribution in [3.8, 4) is 33.4 Å². The molecule has 1 heteroatoms. The van der Waals surface area contributed by atoms with Gasteiger partial charge >= 0.3 is 0 Å². The maximum Gasteiger partial charge on any atom is 0.147 e. The number of allylic oxidation sites excluding steroid dienone is 6. The van der Waals surface area contributed by atoms with Gasteiger partial charge in [0.25, 0.3) is 0 Å². The zero-order valence-corrected chi connectivity index (χ0v) is 32.7. The highest BCUT2D eigenvalue weighted by atomic mass is 14.4. The zero-order valence-electron chi connectivity index (χ0n) is 32.7. The fourth-order valence-electron chi connectivity index (χ4n) is 9.19. The van der Waals surface area contributed by atoms with E-state index in [1.807, 2.05) is 0 Å². The summed E-state index contributed by atoms with van der Waals surface area (Å²) >= 11 is 0. The van der Waals surface area contributed by atoms with E-state index < -0.39 is 0 Å². The Morgan fingerprint density at radius 3 is 2.23 bits per heavy atom. The normalized spacial score (nSPS) is 17.0. The Bertz CT molecular complexity index is 2350. The van der Waals surface area contributed by atoms with E-state index in [0.717, 1.165) is 19.3 Å². The van der Waals surface area contributed by atoms with Gasteiger partial charge in [-0.3, -0.25) is 0 Å². The minimum atomic E-state index is 0.114. The third kappa shape index (κ3) is 6.43. The van der Waals surface area contributed by atoms with Crippen LogP contribution in [0.3, 0.4) is 0 Å². The Morgan fingerprint density at radius 1 is 0.717 bits per heavy atom. The summed E-state index contributed by atoms with van der Waals surface area (Å²) in [7, 11) is 2.19. The monoisotopic (exact) mass is 687 g/mol. The lowest BCUT2D eigenvalue weighted by Crippen LogP contribution is -2.33. The van der Waals surface area contributed by atoms with Crippen molar-refractivity contribution in [2.75, 3.05) is 0 Å². The minimum absolute atomic E-state index is 0.114. The maximum atomic E-state index is 2.57. The lowest BCUT2D eigenvalue weighted by atomic mass is 9.62. The van der Waals surface area contributed by atoms with Gasteiger partial charge in [0, 0.05) is 0 Å². The Kier molecular flexibility index (Phi) is 9.18. The van der Waals surface area contributed by atoms with Gasteiger partial charge in [-0.25, -0.2) is 0 Å². The molecule has 0 atom stereocenters. The molecule has 0 saturated carbocycles. The summed E-state index contributed by atoms with van der Waals surface area (Å²) in [6.07, 6.45) is 19.6. The molecule has 8 rings (SSSR count). The van der Waals surface area contributed by atoms with Crippen LogP contribution >= 0.6 is 0 Å². The van der Waals surface area contributed by atoms with Gasteiger partial charge in [0.2, 0.25) is 0 Å². The van der Waals surface area contributed by atoms with Crippen molar-refractivity contribution in [1.29, 1.82) is 0 Å². The van der Waals surface area contributed by atoms with Crippen molar-refractivity contribution in [3.63, 3.8) is 0 Å². The van der Waals surface area contributed by atoms with Crippen LogP contribution in [0.4, 0.5) is 0 Å². The van der Waals surface area contributed by atoms with Crippen LogP contribution in [0.25, 0.3) is 51.1 Å². The minimum Gasteiger partial charge on any atom is -0.0939 e. The van der Waals surface area contributed by atoms with E-state index in [4.69, 9.17) is 0 Å². The molecule has 3 aliphatic carbocycles. The van der Waals surface area contributed by atoms with Crippen molar-refractivity contribution in [1.82, 2.24) is 0 Å². The van der Waals surface area contributed by atoms with Gasteiger partial charge in [-0.05, 0) is 158 Å². The number of benzene rings is 5. The summed E-state index contributed by atoms with van der Waals surface area (Å²) in [6.45, 7) is 16.3. The molecule has 0 heterocycles. The Labute approximate surface area is 319 Å². The predicted octanol–water partition coefficient (Wildman–Crippen LogP) is 14.0. The standard InChI is InChI=1S/C52H52B/c1-8-41(53-7)30-36(35-16-10-9-11-17-35)22-24-44-42-20-14-13-19-38(42)31-47(45-32-40-29-37-18-12-15-21-43(37)46(40)28-34(45)2)50(44)39-23-25-48-49(33-39)52(5,6)27-26-51(48,3)4/h8-12,14-18,20-25,28,30-33H,13,19,26-27,29H2,1-7H3/b24-22-,36-30+,41-8-. The second kappa shape index (κ2) is 13.8. The number of hydrogen-bond acceptors (Lipinski definition) is 0. The molecule has 5 aromatic rings. The smallest absolute Gasteiger partial charge is 0.0939 e. The topological polar surface area (TPSA) is 0 Å². The van der Waals surface area contributed by atoms with E-state index in [-0.39, 0.29) is 10.8 Å². The quantitative estimate of drug-likeness (QED) is 0.116. The van der Waals surface area contributed by atoms with E-state index in [0.29, 0.717) is 0 Å². The molecule has 0 amide bonds. The van der Waals surface area contributed by atoms with E-state index in [1.165, 1.54) is 107 Å². The first kappa shape index (κ1) is 35.2. The van der Waals surface area contributed by atoms with Gasteiger partial charge in [0.05, 0.1) is 0 Å². The average molecular weight is 688 g/mol. The Morgan fingerprint density at radius 2 is 1.45 bits per heavy atom. The van der Waals surface area contributed by atoms with Crippen molar-refractivity contribution >= 4 is 25.0 Å². The third-order valence-electron chi connectivity index (χ3n) is 12.5.